The molecule has 0 unspecified atom stereocenters. The molecule has 7 heteroatoms. The third-order valence-electron chi connectivity index (χ3n) is 4.89. The van der Waals surface area contributed by atoms with Gasteiger partial charge in [-0.2, -0.15) is 0 Å². The number of sulfonamides is 1. The lowest BCUT2D eigenvalue weighted by molar-refractivity contribution is 0.0683. The van der Waals surface area contributed by atoms with Gasteiger partial charge in [0.2, 0.25) is 0 Å². The minimum Gasteiger partial charge on any atom is -0.338 e. The molecule has 0 saturated carbocycles. The predicted molar refractivity (Wildman–Crippen MR) is 108 cm³/mol. The van der Waals surface area contributed by atoms with E-state index in [1.165, 1.54) is 11.4 Å². The average molecular weight is 407 g/mol. The Balaban J connectivity index is 1.92. The van der Waals surface area contributed by atoms with Crippen molar-refractivity contribution >= 4 is 33.2 Å². The zero-order valence-electron chi connectivity index (χ0n) is 15.4. The second kappa shape index (κ2) is 7.90. The SMILES string of the molecule is C[C@H]1CCCN(C(=O)c2cc(N(C)S(=O)(=O)c3ccccc3)ccc2Cl)C1. The van der Waals surface area contributed by atoms with E-state index >= 15 is 0 Å². The Morgan fingerprint density at radius 3 is 2.56 bits per heavy atom. The van der Waals surface area contributed by atoms with Crippen molar-refractivity contribution in [1.82, 2.24) is 4.90 Å². The van der Waals surface area contributed by atoms with Crippen LogP contribution in [0.15, 0.2) is 53.4 Å². The van der Waals surface area contributed by atoms with Crippen LogP contribution in [0.5, 0.6) is 0 Å². The molecule has 0 spiro atoms. The number of hydrogen-bond acceptors (Lipinski definition) is 3. The van der Waals surface area contributed by atoms with Gasteiger partial charge in [-0.1, -0.05) is 36.7 Å². The number of nitrogens with zero attached hydrogens (tertiary/aromatic N) is 2. The molecule has 0 radical (unpaired) electrons. The van der Waals surface area contributed by atoms with E-state index in [9.17, 15) is 13.2 Å². The Morgan fingerprint density at radius 1 is 1.19 bits per heavy atom. The summed E-state index contributed by atoms with van der Waals surface area (Å²) in [4.78, 5) is 14.9. The number of anilines is 1. The second-order valence-corrected chi connectivity index (χ2v) is 9.32. The fourth-order valence-corrected chi connectivity index (χ4v) is 4.71. The summed E-state index contributed by atoms with van der Waals surface area (Å²) in [5.41, 5.74) is 0.732. The molecule has 144 valence electrons. The van der Waals surface area contributed by atoms with Gasteiger partial charge in [0.1, 0.15) is 0 Å². The van der Waals surface area contributed by atoms with E-state index in [0.29, 0.717) is 35.3 Å². The van der Waals surface area contributed by atoms with Crippen LogP contribution in [0, 0.1) is 5.92 Å². The maximum absolute atomic E-state index is 12.9. The van der Waals surface area contributed by atoms with E-state index in [1.54, 1.807) is 53.4 Å². The number of hydrogen-bond donors (Lipinski definition) is 0. The van der Waals surface area contributed by atoms with Crippen LogP contribution < -0.4 is 4.31 Å². The van der Waals surface area contributed by atoms with E-state index in [0.717, 1.165) is 12.8 Å². The fourth-order valence-electron chi connectivity index (χ4n) is 3.31. The largest absolute Gasteiger partial charge is 0.338 e. The maximum atomic E-state index is 12.9. The molecular weight excluding hydrogens is 384 g/mol. The van der Waals surface area contributed by atoms with E-state index in [4.69, 9.17) is 11.6 Å². The van der Waals surface area contributed by atoms with Crippen LogP contribution in [0.4, 0.5) is 5.69 Å². The summed E-state index contributed by atoms with van der Waals surface area (Å²) in [5, 5.41) is 0.326. The Kier molecular flexibility index (Phi) is 5.77. The smallest absolute Gasteiger partial charge is 0.264 e. The minimum atomic E-state index is -3.72. The van der Waals surface area contributed by atoms with Crippen LogP contribution >= 0.6 is 11.6 Å². The second-order valence-electron chi connectivity index (χ2n) is 6.95. The molecular formula is C20H23ClN2O3S. The molecule has 1 saturated heterocycles. The highest BCUT2D eigenvalue weighted by atomic mass is 35.5. The van der Waals surface area contributed by atoms with Crippen molar-refractivity contribution in [3.63, 3.8) is 0 Å². The third kappa shape index (κ3) is 4.12. The van der Waals surface area contributed by atoms with Crippen molar-refractivity contribution in [1.29, 1.82) is 0 Å². The predicted octanol–water partition coefficient (Wildman–Crippen LogP) is 4.04. The van der Waals surface area contributed by atoms with Gasteiger partial charge in [0.05, 0.1) is 21.2 Å². The van der Waals surface area contributed by atoms with Gasteiger partial charge in [-0.3, -0.25) is 9.10 Å². The van der Waals surface area contributed by atoms with E-state index < -0.39 is 10.0 Å². The third-order valence-corrected chi connectivity index (χ3v) is 7.02. The molecule has 0 aromatic heterocycles. The van der Waals surface area contributed by atoms with Gasteiger partial charge >= 0.3 is 0 Å². The fraction of sp³-hybridized carbons (Fsp3) is 0.350. The Hall–Kier alpha value is -2.05. The van der Waals surface area contributed by atoms with Gasteiger partial charge in [0.25, 0.3) is 15.9 Å². The molecule has 5 nitrogen and oxygen atoms in total. The zero-order valence-corrected chi connectivity index (χ0v) is 17.0. The normalized spacial score (nSPS) is 17.6. The summed E-state index contributed by atoms with van der Waals surface area (Å²) in [5.74, 6) is 0.296. The number of rotatable bonds is 4. The first-order valence-electron chi connectivity index (χ1n) is 8.93. The van der Waals surface area contributed by atoms with Crippen LogP contribution in [0.25, 0.3) is 0 Å². The van der Waals surface area contributed by atoms with E-state index in [2.05, 4.69) is 6.92 Å². The van der Waals surface area contributed by atoms with Crippen molar-refractivity contribution in [2.75, 3.05) is 24.4 Å². The number of piperidine rings is 1. The molecule has 27 heavy (non-hydrogen) atoms. The van der Waals surface area contributed by atoms with Crippen LogP contribution in [0.1, 0.15) is 30.1 Å². The molecule has 1 aliphatic rings. The van der Waals surface area contributed by atoms with E-state index in [1.807, 2.05) is 0 Å². The van der Waals surface area contributed by atoms with Gasteiger partial charge in [-0.15, -0.1) is 0 Å². The van der Waals surface area contributed by atoms with Gasteiger partial charge < -0.3 is 4.90 Å². The standard InChI is InChI=1S/C20H23ClN2O3S/c1-15-7-6-12-23(14-15)20(24)18-13-16(10-11-19(18)21)22(2)27(25,26)17-8-4-3-5-9-17/h3-5,8-11,13,15H,6-7,12,14H2,1-2H3/t15-/m0/s1. The molecule has 0 bridgehead atoms. The Bertz CT molecular complexity index is 931. The Morgan fingerprint density at radius 2 is 1.89 bits per heavy atom. The lowest BCUT2D eigenvalue weighted by Crippen LogP contribution is -2.39. The molecule has 1 fully saturated rings. The Labute approximate surface area is 165 Å². The van der Waals surface area contributed by atoms with Crippen molar-refractivity contribution in [3.8, 4) is 0 Å². The molecule has 2 aromatic rings. The highest BCUT2D eigenvalue weighted by molar-refractivity contribution is 7.92. The minimum absolute atomic E-state index is 0.154. The highest BCUT2D eigenvalue weighted by Gasteiger charge is 2.26. The molecule has 1 atom stereocenters. The molecule has 1 amide bonds. The highest BCUT2D eigenvalue weighted by Crippen LogP contribution is 2.28. The van der Waals surface area contributed by atoms with Gasteiger partial charge in [0.15, 0.2) is 0 Å². The van der Waals surface area contributed by atoms with Crippen LogP contribution in [-0.4, -0.2) is 39.4 Å². The average Bonchev–Trinajstić information content (AvgIpc) is 2.68. The van der Waals surface area contributed by atoms with Crippen LogP contribution in [-0.2, 0) is 10.0 Å². The lowest BCUT2D eigenvalue weighted by Gasteiger charge is -2.31. The molecule has 1 heterocycles. The molecule has 0 aliphatic carbocycles. The quantitative estimate of drug-likeness (QED) is 0.769. The van der Waals surface area contributed by atoms with Crippen molar-refractivity contribution < 1.29 is 13.2 Å². The van der Waals surface area contributed by atoms with Gasteiger partial charge in [-0.25, -0.2) is 8.42 Å². The zero-order chi connectivity index (χ0) is 19.6. The number of amides is 1. The summed E-state index contributed by atoms with van der Waals surface area (Å²) in [6.45, 7) is 3.51. The maximum Gasteiger partial charge on any atom is 0.264 e. The first-order valence-corrected chi connectivity index (χ1v) is 10.8. The van der Waals surface area contributed by atoms with E-state index in [-0.39, 0.29) is 10.8 Å². The first-order chi connectivity index (χ1) is 12.8. The van der Waals surface area contributed by atoms with Crippen molar-refractivity contribution in [2.45, 2.75) is 24.7 Å². The number of benzene rings is 2. The molecule has 1 aliphatic heterocycles. The topological polar surface area (TPSA) is 57.7 Å². The first kappa shape index (κ1) is 19.7. The van der Waals surface area contributed by atoms with Crippen LogP contribution in [0.2, 0.25) is 5.02 Å². The molecule has 2 aromatic carbocycles. The summed E-state index contributed by atoms with van der Waals surface area (Å²) < 4.78 is 26.9. The van der Waals surface area contributed by atoms with Crippen molar-refractivity contribution in [2.24, 2.45) is 5.92 Å². The van der Waals surface area contributed by atoms with Gasteiger partial charge in [-0.05, 0) is 49.1 Å². The van der Waals surface area contributed by atoms with Crippen LogP contribution in [0.3, 0.4) is 0 Å². The summed E-state index contributed by atoms with van der Waals surface area (Å²) in [7, 11) is -2.24. The lowest BCUT2D eigenvalue weighted by atomic mass is 9.99. The van der Waals surface area contributed by atoms with Gasteiger partial charge in [0, 0.05) is 20.1 Å². The number of likely N-dealkylation sites (tertiary alicyclic amines) is 1. The molecule has 3 rings (SSSR count). The number of carbonyl (C=O) groups excluding carboxylic acids is 1. The summed E-state index contributed by atoms with van der Waals surface area (Å²) in [6.07, 6.45) is 2.07. The molecule has 0 N–H and O–H groups in total. The monoisotopic (exact) mass is 406 g/mol. The number of carbonyl (C=O) groups is 1. The van der Waals surface area contributed by atoms with Crippen molar-refractivity contribution in [3.05, 3.63) is 59.1 Å². The summed E-state index contributed by atoms with van der Waals surface area (Å²) in [6, 6.07) is 12.9. The number of halogens is 1. The summed E-state index contributed by atoms with van der Waals surface area (Å²) >= 11 is 6.27.